The van der Waals surface area contributed by atoms with Crippen molar-refractivity contribution in [2.75, 3.05) is 17.2 Å². The number of hydrogen-bond donors (Lipinski definition) is 2. The second kappa shape index (κ2) is 12.3. The summed E-state index contributed by atoms with van der Waals surface area (Å²) in [7, 11) is 1.76. The predicted octanol–water partition coefficient (Wildman–Crippen LogP) is 5.85. The highest BCUT2D eigenvalue weighted by Crippen LogP contribution is 2.24. The van der Waals surface area contributed by atoms with Crippen molar-refractivity contribution in [3.63, 3.8) is 0 Å². The van der Waals surface area contributed by atoms with E-state index in [0.717, 1.165) is 11.3 Å². The van der Waals surface area contributed by atoms with Crippen LogP contribution in [0.25, 0.3) is 5.69 Å². The van der Waals surface area contributed by atoms with Crippen LogP contribution in [-0.2, 0) is 11.8 Å². The molecule has 5 aromatic rings. The molecule has 1 heterocycles. The molecule has 0 radical (unpaired) electrons. The van der Waals surface area contributed by atoms with Crippen molar-refractivity contribution < 1.29 is 19.1 Å². The van der Waals surface area contributed by atoms with Crippen LogP contribution in [-0.4, -0.2) is 27.8 Å². The standard InChI is InChI=1S/C33H30N4O5/c1-22-12-14-28(15-13-22)42-29-18-16-27(17-19-29)41-21-30(38)34-25-9-7-8-24(20-25)32(39)35-31-23(2)36(3)37(33(31)40)26-10-5-4-6-11-26/h4-20H,21H2,1-3H3,(H,34,38)(H,35,39). The van der Waals surface area contributed by atoms with Crippen molar-refractivity contribution in [1.82, 2.24) is 9.36 Å². The summed E-state index contributed by atoms with van der Waals surface area (Å²) in [5.41, 5.74) is 2.99. The molecule has 42 heavy (non-hydrogen) atoms. The maximum Gasteiger partial charge on any atom is 0.295 e. The highest BCUT2D eigenvalue weighted by molar-refractivity contribution is 6.05. The Kier molecular flexibility index (Phi) is 8.19. The summed E-state index contributed by atoms with van der Waals surface area (Å²) in [6, 6.07) is 30.4. The minimum atomic E-state index is -0.471. The second-order valence-corrected chi connectivity index (χ2v) is 9.69. The summed E-state index contributed by atoms with van der Waals surface area (Å²) >= 11 is 0. The van der Waals surface area contributed by atoms with E-state index in [4.69, 9.17) is 9.47 Å². The number of carbonyl (C=O) groups excluding carboxylic acids is 2. The van der Waals surface area contributed by atoms with Crippen LogP contribution in [0.15, 0.2) is 108 Å². The van der Waals surface area contributed by atoms with E-state index in [-0.39, 0.29) is 23.4 Å². The molecule has 0 aliphatic rings. The highest BCUT2D eigenvalue weighted by atomic mass is 16.5. The number of carbonyl (C=O) groups is 2. The Labute approximate surface area is 242 Å². The molecule has 0 aliphatic heterocycles. The zero-order chi connectivity index (χ0) is 29.6. The van der Waals surface area contributed by atoms with Crippen molar-refractivity contribution in [3.05, 3.63) is 130 Å². The van der Waals surface area contributed by atoms with Gasteiger partial charge in [-0.25, -0.2) is 4.68 Å². The first-order chi connectivity index (χ1) is 20.3. The van der Waals surface area contributed by atoms with Gasteiger partial charge in [-0.05, 0) is 80.6 Å². The van der Waals surface area contributed by atoms with E-state index in [9.17, 15) is 14.4 Å². The van der Waals surface area contributed by atoms with Crippen molar-refractivity contribution in [2.45, 2.75) is 13.8 Å². The second-order valence-electron chi connectivity index (χ2n) is 9.69. The summed E-state index contributed by atoms with van der Waals surface area (Å²) in [6.07, 6.45) is 0. The molecule has 212 valence electrons. The third-order valence-corrected chi connectivity index (χ3v) is 6.65. The molecule has 4 aromatic carbocycles. The van der Waals surface area contributed by atoms with Crippen molar-refractivity contribution in [1.29, 1.82) is 0 Å². The van der Waals surface area contributed by atoms with Gasteiger partial charge in [0, 0.05) is 18.3 Å². The molecule has 5 rings (SSSR count). The monoisotopic (exact) mass is 562 g/mol. The number of para-hydroxylation sites is 1. The number of anilines is 2. The van der Waals surface area contributed by atoms with Gasteiger partial charge in [0.2, 0.25) is 0 Å². The quantitative estimate of drug-likeness (QED) is 0.234. The van der Waals surface area contributed by atoms with Gasteiger partial charge < -0.3 is 20.1 Å². The summed E-state index contributed by atoms with van der Waals surface area (Å²) in [6.45, 7) is 3.55. The van der Waals surface area contributed by atoms with Crippen molar-refractivity contribution in [2.24, 2.45) is 7.05 Å². The van der Waals surface area contributed by atoms with Gasteiger partial charge in [-0.15, -0.1) is 0 Å². The van der Waals surface area contributed by atoms with Crippen LogP contribution in [0.1, 0.15) is 21.6 Å². The van der Waals surface area contributed by atoms with Gasteiger partial charge in [0.05, 0.1) is 11.4 Å². The van der Waals surface area contributed by atoms with Crippen LogP contribution in [0.5, 0.6) is 17.2 Å². The molecule has 0 saturated carbocycles. The Hall–Kier alpha value is -5.57. The number of nitrogens with one attached hydrogen (secondary N) is 2. The smallest absolute Gasteiger partial charge is 0.295 e. The van der Waals surface area contributed by atoms with Crippen LogP contribution in [0.4, 0.5) is 11.4 Å². The number of nitrogens with zero attached hydrogens (tertiary/aromatic N) is 2. The van der Waals surface area contributed by atoms with Crippen molar-refractivity contribution in [3.8, 4) is 22.9 Å². The van der Waals surface area contributed by atoms with E-state index in [1.807, 2.05) is 61.5 Å². The van der Waals surface area contributed by atoms with E-state index in [2.05, 4.69) is 10.6 Å². The zero-order valence-electron chi connectivity index (χ0n) is 23.5. The molecular weight excluding hydrogens is 532 g/mol. The molecule has 0 bridgehead atoms. The molecular formula is C33H30N4O5. The van der Waals surface area contributed by atoms with Gasteiger partial charge in [0.15, 0.2) is 6.61 Å². The normalized spacial score (nSPS) is 10.6. The highest BCUT2D eigenvalue weighted by Gasteiger charge is 2.19. The lowest BCUT2D eigenvalue weighted by Crippen LogP contribution is -2.23. The van der Waals surface area contributed by atoms with E-state index >= 15 is 0 Å². The van der Waals surface area contributed by atoms with Gasteiger partial charge in [-0.1, -0.05) is 42.0 Å². The Morgan fingerprint density at radius 3 is 2.10 bits per heavy atom. The molecule has 9 heteroatoms. The van der Waals surface area contributed by atoms with Crippen LogP contribution in [0, 0.1) is 13.8 Å². The lowest BCUT2D eigenvalue weighted by atomic mass is 10.2. The number of benzene rings is 4. The largest absolute Gasteiger partial charge is 0.484 e. The van der Waals surface area contributed by atoms with Gasteiger partial charge in [-0.2, -0.15) is 0 Å². The van der Waals surface area contributed by atoms with Crippen LogP contribution in [0.3, 0.4) is 0 Å². The van der Waals surface area contributed by atoms with Gasteiger partial charge in [-0.3, -0.25) is 19.1 Å². The predicted molar refractivity (Wildman–Crippen MR) is 162 cm³/mol. The molecule has 2 amide bonds. The lowest BCUT2D eigenvalue weighted by Gasteiger charge is -2.10. The minimum absolute atomic E-state index is 0.185. The Bertz CT molecular complexity index is 1770. The van der Waals surface area contributed by atoms with Crippen LogP contribution < -0.4 is 25.7 Å². The van der Waals surface area contributed by atoms with E-state index in [1.54, 1.807) is 67.2 Å². The number of rotatable bonds is 9. The summed E-state index contributed by atoms with van der Waals surface area (Å²) in [5.74, 6) is 1.02. The molecule has 2 N–H and O–H groups in total. The van der Waals surface area contributed by atoms with Crippen LogP contribution >= 0.6 is 0 Å². The van der Waals surface area contributed by atoms with E-state index in [0.29, 0.717) is 28.6 Å². The maximum absolute atomic E-state index is 13.1. The molecule has 0 fully saturated rings. The van der Waals surface area contributed by atoms with Gasteiger partial charge in [0.25, 0.3) is 17.4 Å². The number of hydrogen-bond acceptors (Lipinski definition) is 5. The molecule has 0 unspecified atom stereocenters. The molecule has 0 aliphatic carbocycles. The first-order valence-corrected chi connectivity index (χ1v) is 13.3. The first-order valence-electron chi connectivity index (χ1n) is 13.3. The summed E-state index contributed by atoms with van der Waals surface area (Å²) in [4.78, 5) is 38.8. The molecule has 0 atom stereocenters. The lowest BCUT2D eigenvalue weighted by molar-refractivity contribution is -0.118. The van der Waals surface area contributed by atoms with Crippen LogP contribution in [0.2, 0.25) is 0 Å². The minimum Gasteiger partial charge on any atom is -0.484 e. The first kappa shape index (κ1) is 28.0. The average molecular weight is 563 g/mol. The van der Waals surface area contributed by atoms with Crippen molar-refractivity contribution >= 4 is 23.2 Å². The Morgan fingerprint density at radius 1 is 0.762 bits per heavy atom. The molecule has 0 saturated heterocycles. The van der Waals surface area contributed by atoms with Gasteiger partial charge >= 0.3 is 0 Å². The topological polar surface area (TPSA) is 104 Å². The SMILES string of the molecule is Cc1ccc(Oc2ccc(OCC(=O)Nc3cccc(C(=O)Nc4c(C)n(C)n(-c5ccccc5)c4=O)c3)cc2)cc1. The number of ether oxygens (including phenoxy) is 2. The van der Waals surface area contributed by atoms with Gasteiger partial charge in [0.1, 0.15) is 22.9 Å². The zero-order valence-corrected chi connectivity index (χ0v) is 23.5. The molecule has 9 nitrogen and oxygen atoms in total. The van der Waals surface area contributed by atoms with E-state index in [1.165, 1.54) is 4.68 Å². The fourth-order valence-corrected chi connectivity index (χ4v) is 4.33. The fourth-order valence-electron chi connectivity index (χ4n) is 4.33. The number of aromatic nitrogens is 2. The molecule has 0 spiro atoms. The molecule has 1 aromatic heterocycles. The average Bonchev–Trinajstić information content (AvgIpc) is 3.21. The maximum atomic E-state index is 13.1. The number of aryl methyl sites for hydroxylation is 1. The number of amides is 2. The Morgan fingerprint density at radius 2 is 1.40 bits per heavy atom. The van der Waals surface area contributed by atoms with E-state index < -0.39 is 11.8 Å². The summed E-state index contributed by atoms with van der Waals surface area (Å²) in [5, 5.41) is 5.47. The Balaban J connectivity index is 1.18. The third-order valence-electron chi connectivity index (χ3n) is 6.65. The third kappa shape index (κ3) is 6.42. The summed E-state index contributed by atoms with van der Waals surface area (Å²) < 4.78 is 14.6. The fraction of sp³-hybridized carbons (Fsp3) is 0.121.